The van der Waals surface area contributed by atoms with Crippen LogP contribution >= 0.6 is 0 Å². The molecule has 0 aliphatic carbocycles. The Labute approximate surface area is 109 Å². The maximum Gasteiger partial charge on any atom is 0.231 e. The molecular weight excluding hydrogens is 224 g/mol. The third kappa shape index (κ3) is 2.50. The summed E-state index contributed by atoms with van der Waals surface area (Å²) in [6.07, 6.45) is 1.11. The number of para-hydroxylation sites is 1. The van der Waals surface area contributed by atoms with Crippen LogP contribution in [0.2, 0.25) is 0 Å². The van der Waals surface area contributed by atoms with Crippen LogP contribution in [0.15, 0.2) is 24.3 Å². The second kappa shape index (κ2) is 5.42. The lowest BCUT2D eigenvalue weighted by molar-refractivity contribution is -0.131. The molecule has 1 aliphatic heterocycles. The fraction of sp³-hybridized carbons (Fsp3) is 0.533. The number of hydrogen-bond donors (Lipinski definition) is 1. The van der Waals surface area contributed by atoms with Crippen molar-refractivity contribution < 1.29 is 4.79 Å². The first-order valence-electron chi connectivity index (χ1n) is 6.71. The van der Waals surface area contributed by atoms with E-state index in [9.17, 15) is 4.79 Å². The molecule has 0 saturated heterocycles. The van der Waals surface area contributed by atoms with E-state index in [0.29, 0.717) is 5.92 Å². The van der Waals surface area contributed by atoms with Gasteiger partial charge in [0.15, 0.2) is 0 Å². The van der Waals surface area contributed by atoms with Crippen LogP contribution in [0.4, 0.5) is 5.69 Å². The molecule has 2 rings (SSSR count). The molecule has 3 heteroatoms. The Morgan fingerprint density at radius 3 is 2.94 bits per heavy atom. The summed E-state index contributed by atoms with van der Waals surface area (Å²) in [7, 11) is 1.91. The summed E-state index contributed by atoms with van der Waals surface area (Å²) in [6.45, 7) is 5.91. The molecule has 1 aliphatic rings. The fourth-order valence-corrected chi connectivity index (χ4v) is 2.46. The van der Waals surface area contributed by atoms with Crippen LogP contribution in [0.5, 0.6) is 0 Å². The fourth-order valence-electron chi connectivity index (χ4n) is 2.46. The van der Waals surface area contributed by atoms with Gasteiger partial charge in [-0.15, -0.1) is 0 Å². The van der Waals surface area contributed by atoms with Gasteiger partial charge in [0.2, 0.25) is 5.91 Å². The average molecular weight is 246 g/mol. The molecule has 18 heavy (non-hydrogen) atoms. The second-order valence-corrected chi connectivity index (χ2v) is 5.25. The van der Waals surface area contributed by atoms with Gasteiger partial charge in [-0.1, -0.05) is 38.5 Å². The molecule has 2 unspecified atom stereocenters. The van der Waals surface area contributed by atoms with Gasteiger partial charge in [-0.2, -0.15) is 0 Å². The molecule has 1 heterocycles. The average Bonchev–Trinajstić information content (AvgIpc) is 2.81. The zero-order valence-electron chi connectivity index (χ0n) is 11.4. The Bertz CT molecular complexity index is 430. The van der Waals surface area contributed by atoms with Crippen molar-refractivity contribution >= 4 is 11.6 Å². The smallest absolute Gasteiger partial charge is 0.231 e. The molecule has 0 spiro atoms. The Balaban J connectivity index is 2.07. The first kappa shape index (κ1) is 12.9. The molecule has 1 aromatic rings. The highest BCUT2D eigenvalue weighted by Gasteiger charge is 2.30. The van der Waals surface area contributed by atoms with Crippen molar-refractivity contribution in [2.24, 2.45) is 5.92 Å². The Morgan fingerprint density at radius 2 is 2.22 bits per heavy atom. The first-order valence-corrected chi connectivity index (χ1v) is 6.71. The standard InChI is InChI=1S/C15H22N2O/c1-4-11(2)10-17(3)15(18)13-9-16-14-8-6-5-7-12(13)14/h5-8,11,13,16H,4,9-10H2,1-3H3. The third-order valence-electron chi connectivity index (χ3n) is 3.79. The van der Waals surface area contributed by atoms with Crippen LogP contribution in [-0.2, 0) is 4.79 Å². The maximum absolute atomic E-state index is 12.4. The van der Waals surface area contributed by atoms with Crippen LogP contribution in [0.1, 0.15) is 31.7 Å². The van der Waals surface area contributed by atoms with Gasteiger partial charge < -0.3 is 10.2 Å². The number of carbonyl (C=O) groups is 1. The van der Waals surface area contributed by atoms with Crippen molar-refractivity contribution in [1.82, 2.24) is 4.90 Å². The largest absolute Gasteiger partial charge is 0.384 e. The summed E-state index contributed by atoms with van der Waals surface area (Å²) < 4.78 is 0. The van der Waals surface area contributed by atoms with E-state index in [-0.39, 0.29) is 11.8 Å². The number of rotatable bonds is 4. The van der Waals surface area contributed by atoms with E-state index in [1.807, 2.05) is 30.1 Å². The zero-order chi connectivity index (χ0) is 13.1. The first-order chi connectivity index (χ1) is 8.63. The normalized spacial score (nSPS) is 18.9. The van der Waals surface area contributed by atoms with E-state index in [1.165, 1.54) is 0 Å². The predicted molar refractivity (Wildman–Crippen MR) is 74.8 cm³/mol. The highest BCUT2D eigenvalue weighted by molar-refractivity contribution is 5.88. The lowest BCUT2D eigenvalue weighted by Crippen LogP contribution is -2.35. The van der Waals surface area contributed by atoms with Crippen LogP contribution in [-0.4, -0.2) is 30.9 Å². The predicted octanol–water partition coefficient (Wildman–Crippen LogP) is 2.70. The van der Waals surface area contributed by atoms with Crippen molar-refractivity contribution in [3.8, 4) is 0 Å². The minimum Gasteiger partial charge on any atom is -0.384 e. The van der Waals surface area contributed by atoms with Gasteiger partial charge >= 0.3 is 0 Å². The number of fused-ring (bicyclic) bond motifs is 1. The number of nitrogens with one attached hydrogen (secondary N) is 1. The van der Waals surface area contributed by atoms with E-state index >= 15 is 0 Å². The number of benzene rings is 1. The van der Waals surface area contributed by atoms with Crippen molar-refractivity contribution in [3.63, 3.8) is 0 Å². The van der Waals surface area contributed by atoms with Crippen molar-refractivity contribution in [1.29, 1.82) is 0 Å². The molecule has 0 aromatic heterocycles. The summed E-state index contributed by atoms with van der Waals surface area (Å²) >= 11 is 0. The van der Waals surface area contributed by atoms with E-state index in [0.717, 1.165) is 30.8 Å². The summed E-state index contributed by atoms with van der Waals surface area (Å²) in [4.78, 5) is 14.3. The minimum atomic E-state index is -0.0183. The molecule has 1 amide bonds. The highest BCUT2D eigenvalue weighted by atomic mass is 16.2. The lowest BCUT2D eigenvalue weighted by Gasteiger charge is -2.23. The Hall–Kier alpha value is -1.51. The van der Waals surface area contributed by atoms with E-state index in [1.54, 1.807) is 0 Å². The van der Waals surface area contributed by atoms with E-state index < -0.39 is 0 Å². The maximum atomic E-state index is 12.4. The van der Waals surface area contributed by atoms with Crippen LogP contribution in [0.3, 0.4) is 0 Å². The summed E-state index contributed by atoms with van der Waals surface area (Å²) in [5, 5.41) is 3.31. The molecule has 0 saturated carbocycles. The monoisotopic (exact) mass is 246 g/mol. The number of hydrogen-bond acceptors (Lipinski definition) is 2. The van der Waals surface area contributed by atoms with Gasteiger partial charge in [0.1, 0.15) is 0 Å². The summed E-state index contributed by atoms with van der Waals surface area (Å²) in [5.74, 6) is 0.770. The van der Waals surface area contributed by atoms with Crippen LogP contribution < -0.4 is 5.32 Å². The third-order valence-corrected chi connectivity index (χ3v) is 3.79. The van der Waals surface area contributed by atoms with Crippen molar-refractivity contribution in [2.75, 3.05) is 25.5 Å². The van der Waals surface area contributed by atoms with Crippen LogP contribution in [0.25, 0.3) is 0 Å². The van der Waals surface area contributed by atoms with Gasteiger partial charge in [-0.25, -0.2) is 0 Å². The highest BCUT2D eigenvalue weighted by Crippen LogP contribution is 2.32. The SMILES string of the molecule is CCC(C)CN(C)C(=O)C1CNc2ccccc21. The number of likely N-dealkylation sites (N-methyl/N-ethyl adjacent to an activating group) is 1. The molecule has 0 bridgehead atoms. The number of nitrogens with zero attached hydrogens (tertiary/aromatic N) is 1. The molecule has 3 nitrogen and oxygen atoms in total. The second-order valence-electron chi connectivity index (χ2n) is 5.25. The molecule has 2 atom stereocenters. The zero-order valence-corrected chi connectivity index (χ0v) is 11.4. The lowest BCUT2D eigenvalue weighted by atomic mass is 9.99. The Morgan fingerprint density at radius 1 is 1.50 bits per heavy atom. The molecule has 1 N–H and O–H groups in total. The van der Waals surface area contributed by atoms with Gasteiger partial charge in [0.25, 0.3) is 0 Å². The van der Waals surface area contributed by atoms with Crippen LogP contribution in [0, 0.1) is 5.92 Å². The molecule has 0 radical (unpaired) electrons. The Kier molecular flexibility index (Phi) is 3.90. The molecule has 1 aromatic carbocycles. The van der Waals surface area contributed by atoms with Crippen molar-refractivity contribution in [3.05, 3.63) is 29.8 Å². The van der Waals surface area contributed by atoms with Gasteiger partial charge in [0, 0.05) is 25.8 Å². The number of amides is 1. The topological polar surface area (TPSA) is 32.3 Å². The summed E-state index contributed by atoms with van der Waals surface area (Å²) in [6, 6.07) is 8.09. The van der Waals surface area contributed by atoms with Gasteiger partial charge in [-0.3, -0.25) is 4.79 Å². The van der Waals surface area contributed by atoms with Gasteiger partial charge in [0.05, 0.1) is 5.92 Å². The van der Waals surface area contributed by atoms with E-state index in [4.69, 9.17) is 0 Å². The van der Waals surface area contributed by atoms with Gasteiger partial charge in [-0.05, 0) is 17.5 Å². The quantitative estimate of drug-likeness (QED) is 0.886. The molecule has 0 fully saturated rings. The molecule has 98 valence electrons. The number of anilines is 1. The summed E-state index contributed by atoms with van der Waals surface area (Å²) in [5.41, 5.74) is 2.24. The van der Waals surface area contributed by atoms with E-state index in [2.05, 4.69) is 25.2 Å². The minimum absolute atomic E-state index is 0.0183. The molecular formula is C15H22N2O. The number of carbonyl (C=O) groups excluding carboxylic acids is 1. The van der Waals surface area contributed by atoms with Crippen molar-refractivity contribution in [2.45, 2.75) is 26.2 Å².